The molecule has 1 N–H and O–H groups in total. The molecule has 0 unspecified atom stereocenters. The molecule has 0 fully saturated rings. The van der Waals surface area contributed by atoms with Gasteiger partial charge in [-0.25, -0.2) is 9.97 Å². The van der Waals surface area contributed by atoms with Crippen LogP contribution in [0.3, 0.4) is 0 Å². The molecule has 2 aromatic heterocycles. The number of benzene rings is 3. The molecule has 5 rings (SSSR count). The summed E-state index contributed by atoms with van der Waals surface area (Å²) in [5.41, 5.74) is 5.18. The van der Waals surface area contributed by atoms with Crippen LogP contribution in [0.4, 0.5) is 5.13 Å². The number of hydrogen-bond acceptors (Lipinski definition) is 4. The predicted molar refractivity (Wildman–Crippen MR) is 119 cm³/mol. The number of anilines is 1. The molecule has 5 heteroatoms. The van der Waals surface area contributed by atoms with Crippen LogP contribution < -0.4 is 5.32 Å². The Hall–Kier alpha value is -3.57. The first-order valence-electron chi connectivity index (χ1n) is 9.31. The summed E-state index contributed by atoms with van der Waals surface area (Å²) < 4.78 is 1.04. The molecule has 5 aromatic rings. The lowest BCUT2D eigenvalue weighted by Gasteiger charge is -2.10. The Labute approximate surface area is 171 Å². The molecule has 0 atom stereocenters. The zero-order valence-electron chi connectivity index (χ0n) is 15.7. The van der Waals surface area contributed by atoms with Crippen molar-refractivity contribution in [3.8, 4) is 11.3 Å². The topological polar surface area (TPSA) is 54.9 Å². The third kappa shape index (κ3) is 3.37. The number of fused-ring (bicyclic) bond motifs is 2. The highest BCUT2D eigenvalue weighted by Crippen LogP contribution is 2.28. The van der Waals surface area contributed by atoms with Gasteiger partial charge in [0.25, 0.3) is 5.91 Å². The van der Waals surface area contributed by atoms with E-state index in [9.17, 15) is 4.79 Å². The first-order chi connectivity index (χ1) is 14.2. The number of nitrogens with zero attached hydrogens (tertiary/aromatic N) is 2. The molecule has 3 aromatic carbocycles. The minimum Gasteiger partial charge on any atom is -0.298 e. The van der Waals surface area contributed by atoms with Crippen LogP contribution in [0, 0.1) is 6.92 Å². The molecule has 2 heterocycles. The van der Waals surface area contributed by atoms with Crippen molar-refractivity contribution in [2.45, 2.75) is 6.92 Å². The highest BCUT2D eigenvalue weighted by molar-refractivity contribution is 7.22. The van der Waals surface area contributed by atoms with Gasteiger partial charge >= 0.3 is 0 Å². The Morgan fingerprint density at radius 2 is 1.66 bits per heavy atom. The Balaban J connectivity index is 1.59. The molecule has 0 saturated carbocycles. The van der Waals surface area contributed by atoms with E-state index in [2.05, 4.69) is 16.4 Å². The van der Waals surface area contributed by atoms with Crippen molar-refractivity contribution in [2.75, 3.05) is 5.32 Å². The number of carbonyl (C=O) groups excluding carboxylic acids is 1. The van der Waals surface area contributed by atoms with E-state index in [0.717, 1.165) is 37.9 Å². The maximum Gasteiger partial charge on any atom is 0.258 e. The zero-order valence-corrected chi connectivity index (χ0v) is 16.5. The molecule has 0 aliphatic rings. The Kier molecular flexibility index (Phi) is 4.30. The van der Waals surface area contributed by atoms with Crippen LogP contribution in [0.25, 0.3) is 32.4 Å². The Morgan fingerprint density at radius 1 is 0.862 bits per heavy atom. The summed E-state index contributed by atoms with van der Waals surface area (Å²) in [6, 6.07) is 25.6. The molecular formula is C24H17N3OS. The normalized spacial score (nSPS) is 11.1. The number of aromatic nitrogens is 2. The van der Waals surface area contributed by atoms with E-state index in [1.807, 2.05) is 79.7 Å². The molecule has 0 aliphatic carbocycles. The minimum absolute atomic E-state index is 0.184. The van der Waals surface area contributed by atoms with Crippen LogP contribution in [-0.2, 0) is 0 Å². The standard InChI is InChI=1S/C24H17N3OS/c1-15-7-6-8-16(13-15)21-14-18(17-9-2-3-10-19(17)25-21)23(28)27-24-26-20-11-4-5-12-22(20)29-24/h2-14H,1H3,(H,26,27,28). The predicted octanol–water partition coefficient (Wildman–Crippen LogP) is 6.07. The fourth-order valence-corrected chi connectivity index (χ4v) is 4.27. The van der Waals surface area contributed by atoms with Gasteiger partial charge in [-0.05, 0) is 37.3 Å². The van der Waals surface area contributed by atoms with Crippen molar-refractivity contribution in [2.24, 2.45) is 0 Å². The van der Waals surface area contributed by atoms with E-state index in [1.165, 1.54) is 11.3 Å². The number of amides is 1. The molecule has 0 radical (unpaired) electrons. The number of rotatable bonds is 3. The van der Waals surface area contributed by atoms with Crippen LogP contribution in [0.2, 0.25) is 0 Å². The maximum absolute atomic E-state index is 13.2. The summed E-state index contributed by atoms with van der Waals surface area (Å²) in [6.07, 6.45) is 0. The molecular weight excluding hydrogens is 378 g/mol. The minimum atomic E-state index is -0.184. The van der Waals surface area contributed by atoms with Crippen LogP contribution >= 0.6 is 11.3 Å². The van der Waals surface area contributed by atoms with Gasteiger partial charge < -0.3 is 0 Å². The van der Waals surface area contributed by atoms with Gasteiger partial charge in [-0.3, -0.25) is 10.1 Å². The van der Waals surface area contributed by atoms with Crippen molar-refractivity contribution in [1.82, 2.24) is 9.97 Å². The fraction of sp³-hybridized carbons (Fsp3) is 0.0417. The number of aryl methyl sites for hydroxylation is 1. The third-order valence-electron chi connectivity index (χ3n) is 4.79. The first kappa shape index (κ1) is 17.5. The summed E-state index contributed by atoms with van der Waals surface area (Å²) in [5, 5.41) is 4.38. The van der Waals surface area contributed by atoms with Crippen molar-refractivity contribution >= 4 is 43.5 Å². The van der Waals surface area contributed by atoms with Gasteiger partial charge in [-0.2, -0.15) is 0 Å². The van der Waals surface area contributed by atoms with Crippen LogP contribution in [0.15, 0.2) is 78.9 Å². The molecule has 0 spiro atoms. The monoisotopic (exact) mass is 395 g/mol. The molecule has 0 aliphatic heterocycles. The second-order valence-electron chi connectivity index (χ2n) is 6.88. The zero-order chi connectivity index (χ0) is 19.8. The number of pyridine rings is 1. The molecule has 0 bridgehead atoms. The summed E-state index contributed by atoms with van der Waals surface area (Å²) in [6.45, 7) is 2.05. The summed E-state index contributed by atoms with van der Waals surface area (Å²) in [4.78, 5) is 22.5. The lowest BCUT2D eigenvalue weighted by molar-refractivity contribution is 0.102. The van der Waals surface area contributed by atoms with Gasteiger partial charge in [-0.1, -0.05) is 65.4 Å². The molecule has 0 saturated heterocycles. The van der Waals surface area contributed by atoms with Crippen LogP contribution in [0.1, 0.15) is 15.9 Å². The summed E-state index contributed by atoms with van der Waals surface area (Å²) in [7, 11) is 0. The smallest absolute Gasteiger partial charge is 0.258 e. The molecule has 140 valence electrons. The SMILES string of the molecule is Cc1cccc(-c2cc(C(=O)Nc3nc4ccccc4s3)c3ccccc3n2)c1. The molecule has 29 heavy (non-hydrogen) atoms. The van der Waals surface area contributed by atoms with Gasteiger partial charge in [0.1, 0.15) is 0 Å². The van der Waals surface area contributed by atoms with E-state index >= 15 is 0 Å². The van der Waals surface area contributed by atoms with Gasteiger partial charge in [0.05, 0.1) is 27.0 Å². The summed E-state index contributed by atoms with van der Waals surface area (Å²) in [5.74, 6) is -0.184. The maximum atomic E-state index is 13.2. The number of nitrogens with one attached hydrogen (secondary N) is 1. The largest absolute Gasteiger partial charge is 0.298 e. The van der Waals surface area contributed by atoms with E-state index in [1.54, 1.807) is 0 Å². The lowest BCUT2D eigenvalue weighted by atomic mass is 10.0. The van der Waals surface area contributed by atoms with E-state index in [4.69, 9.17) is 4.98 Å². The van der Waals surface area contributed by atoms with Crippen molar-refractivity contribution in [1.29, 1.82) is 0 Å². The first-order valence-corrected chi connectivity index (χ1v) is 10.1. The molecule has 1 amide bonds. The van der Waals surface area contributed by atoms with Crippen molar-refractivity contribution in [3.63, 3.8) is 0 Å². The quantitative estimate of drug-likeness (QED) is 0.403. The highest BCUT2D eigenvalue weighted by atomic mass is 32.1. The number of carbonyl (C=O) groups is 1. The van der Waals surface area contributed by atoms with E-state index in [0.29, 0.717) is 10.7 Å². The Morgan fingerprint density at radius 3 is 2.48 bits per heavy atom. The second kappa shape index (κ2) is 7.11. The number of hydrogen-bond donors (Lipinski definition) is 1. The average Bonchev–Trinajstić information content (AvgIpc) is 3.15. The van der Waals surface area contributed by atoms with Gasteiger partial charge in [0.2, 0.25) is 0 Å². The van der Waals surface area contributed by atoms with Crippen LogP contribution in [-0.4, -0.2) is 15.9 Å². The van der Waals surface area contributed by atoms with Crippen molar-refractivity contribution in [3.05, 3.63) is 90.0 Å². The fourth-order valence-electron chi connectivity index (χ4n) is 3.41. The lowest BCUT2D eigenvalue weighted by Crippen LogP contribution is -2.13. The Bertz CT molecular complexity index is 1340. The van der Waals surface area contributed by atoms with Crippen molar-refractivity contribution < 1.29 is 4.79 Å². The second-order valence-corrected chi connectivity index (χ2v) is 7.91. The third-order valence-corrected chi connectivity index (χ3v) is 5.74. The van der Waals surface area contributed by atoms with Gasteiger partial charge in [-0.15, -0.1) is 0 Å². The van der Waals surface area contributed by atoms with Gasteiger partial charge in [0.15, 0.2) is 5.13 Å². The summed E-state index contributed by atoms with van der Waals surface area (Å²) >= 11 is 1.47. The highest BCUT2D eigenvalue weighted by Gasteiger charge is 2.16. The number of thiazole rings is 1. The number of para-hydroxylation sites is 2. The van der Waals surface area contributed by atoms with E-state index < -0.39 is 0 Å². The van der Waals surface area contributed by atoms with Crippen LogP contribution in [0.5, 0.6) is 0 Å². The van der Waals surface area contributed by atoms with Gasteiger partial charge in [0, 0.05) is 10.9 Å². The average molecular weight is 395 g/mol. The molecule has 4 nitrogen and oxygen atoms in total. The van der Waals surface area contributed by atoms with E-state index in [-0.39, 0.29) is 5.91 Å².